The molecule has 1 aliphatic heterocycles. The van der Waals surface area contributed by atoms with Crippen LogP contribution in [0.4, 0.5) is 5.69 Å². The van der Waals surface area contributed by atoms with Crippen LogP contribution < -0.4 is 10.1 Å². The van der Waals surface area contributed by atoms with E-state index in [4.69, 9.17) is 4.74 Å². The maximum absolute atomic E-state index is 13.3. The zero-order chi connectivity index (χ0) is 22.1. The van der Waals surface area contributed by atoms with Crippen LogP contribution in [-0.2, 0) is 17.8 Å². The van der Waals surface area contributed by atoms with Gasteiger partial charge in [0.1, 0.15) is 5.75 Å². The third-order valence-electron chi connectivity index (χ3n) is 6.34. The van der Waals surface area contributed by atoms with Crippen molar-refractivity contribution in [2.75, 3.05) is 5.32 Å². The summed E-state index contributed by atoms with van der Waals surface area (Å²) in [6.07, 6.45) is 2.48. The molecule has 3 aromatic carbocycles. The van der Waals surface area contributed by atoms with E-state index < -0.39 is 6.10 Å². The summed E-state index contributed by atoms with van der Waals surface area (Å²) in [6.45, 7) is 2.26. The zero-order valence-electron chi connectivity index (χ0n) is 18.1. The first-order chi connectivity index (χ1) is 15.6. The van der Waals surface area contributed by atoms with Gasteiger partial charge in [-0.1, -0.05) is 42.5 Å². The van der Waals surface area contributed by atoms with Crippen LogP contribution in [0.25, 0.3) is 0 Å². The van der Waals surface area contributed by atoms with Gasteiger partial charge in [-0.15, -0.1) is 0 Å². The lowest BCUT2D eigenvalue weighted by Gasteiger charge is -2.35. The Labute approximate surface area is 188 Å². The van der Waals surface area contributed by atoms with E-state index in [1.165, 1.54) is 11.1 Å². The van der Waals surface area contributed by atoms with E-state index in [1.54, 1.807) is 12.1 Å². The second-order valence-electron chi connectivity index (χ2n) is 8.48. The average Bonchev–Trinajstić information content (AvgIpc) is 2.95. The summed E-state index contributed by atoms with van der Waals surface area (Å²) >= 11 is 0. The summed E-state index contributed by atoms with van der Waals surface area (Å²) in [5.74, 6) is 0.524. The first-order valence-corrected chi connectivity index (χ1v) is 11.1. The second-order valence-corrected chi connectivity index (χ2v) is 8.48. The summed E-state index contributed by atoms with van der Waals surface area (Å²) < 4.78 is 6.02. The molecule has 2 atom stereocenters. The number of rotatable bonds is 3. The molecule has 0 bridgehead atoms. The number of ether oxygens (including phenoxy) is 1. The van der Waals surface area contributed by atoms with E-state index in [9.17, 15) is 9.59 Å². The fourth-order valence-corrected chi connectivity index (χ4v) is 4.74. The smallest absolute Gasteiger partial charge is 0.264 e. The Balaban J connectivity index is 1.45. The van der Waals surface area contributed by atoms with Crippen molar-refractivity contribution in [3.63, 3.8) is 0 Å². The molecule has 0 saturated heterocycles. The SMILES string of the molecule is C[C@@H]1Oc2ccc(NC(=O)c3ccccc3)cc2CN([C@H]2CCCc3ccccc32)C1=O. The van der Waals surface area contributed by atoms with Crippen LogP contribution >= 0.6 is 0 Å². The molecule has 0 aromatic heterocycles. The van der Waals surface area contributed by atoms with E-state index in [0.29, 0.717) is 23.5 Å². The normalized spacial score (nSPS) is 19.9. The van der Waals surface area contributed by atoms with Crippen LogP contribution in [0.15, 0.2) is 72.8 Å². The van der Waals surface area contributed by atoms with Gasteiger partial charge in [0, 0.05) is 16.8 Å². The lowest BCUT2D eigenvalue weighted by Crippen LogP contribution is -2.41. The molecule has 1 aliphatic carbocycles. The zero-order valence-corrected chi connectivity index (χ0v) is 18.1. The van der Waals surface area contributed by atoms with Gasteiger partial charge in [-0.2, -0.15) is 0 Å². The van der Waals surface area contributed by atoms with Gasteiger partial charge in [0.2, 0.25) is 0 Å². The molecule has 5 nitrogen and oxygen atoms in total. The predicted molar refractivity (Wildman–Crippen MR) is 124 cm³/mol. The van der Waals surface area contributed by atoms with E-state index in [0.717, 1.165) is 24.8 Å². The van der Waals surface area contributed by atoms with Crippen molar-refractivity contribution in [1.29, 1.82) is 0 Å². The molecule has 5 heteroatoms. The molecule has 2 amide bonds. The monoisotopic (exact) mass is 426 g/mol. The highest BCUT2D eigenvalue weighted by Crippen LogP contribution is 2.38. The number of nitrogens with zero attached hydrogens (tertiary/aromatic N) is 1. The number of hydrogen-bond donors (Lipinski definition) is 1. The summed E-state index contributed by atoms with van der Waals surface area (Å²) in [5, 5.41) is 2.96. The minimum absolute atomic E-state index is 0.00206. The number of anilines is 1. The maximum atomic E-state index is 13.3. The van der Waals surface area contributed by atoms with Crippen molar-refractivity contribution >= 4 is 17.5 Å². The molecular weight excluding hydrogens is 400 g/mol. The molecule has 5 rings (SSSR count). The molecule has 162 valence electrons. The van der Waals surface area contributed by atoms with Crippen LogP contribution in [0.5, 0.6) is 5.75 Å². The van der Waals surface area contributed by atoms with E-state index in [1.807, 2.05) is 54.3 Å². The van der Waals surface area contributed by atoms with Gasteiger partial charge >= 0.3 is 0 Å². The summed E-state index contributed by atoms with van der Waals surface area (Å²) in [5.41, 5.74) is 4.74. The third-order valence-corrected chi connectivity index (χ3v) is 6.34. The highest BCUT2D eigenvalue weighted by atomic mass is 16.5. The molecule has 0 unspecified atom stereocenters. The molecule has 1 N–H and O–H groups in total. The van der Waals surface area contributed by atoms with Crippen LogP contribution in [-0.4, -0.2) is 22.8 Å². The van der Waals surface area contributed by atoms with Crippen molar-refractivity contribution in [2.45, 2.75) is 44.9 Å². The molecule has 2 aliphatic rings. The second kappa shape index (κ2) is 8.50. The van der Waals surface area contributed by atoms with Crippen molar-refractivity contribution in [2.24, 2.45) is 0 Å². The molecular formula is C27H26N2O3. The number of benzene rings is 3. The van der Waals surface area contributed by atoms with Gasteiger partial charge in [0.15, 0.2) is 6.10 Å². The van der Waals surface area contributed by atoms with Gasteiger partial charge in [-0.05, 0) is 67.6 Å². The van der Waals surface area contributed by atoms with Gasteiger partial charge < -0.3 is 15.0 Å². The highest BCUT2D eigenvalue weighted by molar-refractivity contribution is 6.04. The van der Waals surface area contributed by atoms with Crippen molar-refractivity contribution < 1.29 is 14.3 Å². The lowest BCUT2D eigenvalue weighted by atomic mass is 9.86. The standard InChI is InChI=1S/C27H26N2O3/c1-18-27(31)29(24-13-7-11-19-8-5-6-12-23(19)24)17-21-16-22(14-15-25(21)32-18)28-26(30)20-9-3-2-4-10-20/h2-6,8-10,12,14-16,18,24H,7,11,13,17H2,1H3,(H,28,30)/t18-,24-/m0/s1. The lowest BCUT2D eigenvalue weighted by molar-refractivity contribution is -0.140. The number of carbonyl (C=O) groups is 2. The number of nitrogens with one attached hydrogen (secondary N) is 1. The molecule has 0 radical (unpaired) electrons. The first-order valence-electron chi connectivity index (χ1n) is 11.1. The van der Waals surface area contributed by atoms with Crippen LogP contribution in [0.3, 0.4) is 0 Å². The Morgan fingerprint density at radius 1 is 1.00 bits per heavy atom. The van der Waals surface area contributed by atoms with Crippen LogP contribution in [0.2, 0.25) is 0 Å². The summed E-state index contributed by atoms with van der Waals surface area (Å²) in [4.78, 5) is 27.9. The molecule has 0 fully saturated rings. The number of aryl methyl sites for hydroxylation is 1. The third kappa shape index (κ3) is 3.86. The van der Waals surface area contributed by atoms with Crippen LogP contribution in [0, 0.1) is 0 Å². The van der Waals surface area contributed by atoms with Gasteiger partial charge in [-0.25, -0.2) is 0 Å². The molecule has 0 spiro atoms. The average molecular weight is 427 g/mol. The quantitative estimate of drug-likeness (QED) is 0.632. The minimum atomic E-state index is -0.560. The van der Waals surface area contributed by atoms with E-state index in [-0.39, 0.29) is 17.9 Å². The number of hydrogen-bond acceptors (Lipinski definition) is 3. The molecule has 0 saturated carbocycles. The van der Waals surface area contributed by atoms with Crippen molar-refractivity contribution in [1.82, 2.24) is 4.90 Å². The van der Waals surface area contributed by atoms with Crippen molar-refractivity contribution in [3.8, 4) is 5.75 Å². The Bertz CT molecular complexity index is 1160. The Hall–Kier alpha value is -3.60. The largest absolute Gasteiger partial charge is 0.481 e. The first kappa shape index (κ1) is 20.3. The molecule has 3 aromatic rings. The Morgan fingerprint density at radius 2 is 1.78 bits per heavy atom. The summed E-state index contributed by atoms with van der Waals surface area (Å²) in [7, 11) is 0. The van der Waals surface area contributed by atoms with Gasteiger partial charge in [0.25, 0.3) is 11.8 Å². The van der Waals surface area contributed by atoms with Crippen molar-refractivity contribution in [3.05, 3.63) is 95.1 Å². The molecule has 1 heterocycles. The van der Waals surface area contributed by atoms with E-state index >= 15 is 0 Å². The fraction of sp³-hybridized carbons (Fsp3) is 0.259. The number of amides is 2. The van der Waals surface area contributed by atoms with Gasteiger partial charge in [0.05, 0.1) is 12.6 Å². The van der Waals surface area contributed by atoms with Gasteiger partial charge in [-0.3, -0.25) is 9.59 Å². The predicted octanol–water partition coefficient (Wildman–Crippen LogP) is 5.13. The fourth-order valence-electron chi connectivity index (χ4n) is 4.74. The van der Waals surface area contributed by atoms with Crippen LogP contribution in [0.1, 0.15) is 52.9 Å². The van der Waals surface area contributed by atoms with E-state index in [2.05, 4.69) is 23.5 Å². The summed E-state index contributed by atoms with van der Waals surface area (Å²) in [6, 6.07) is 23.2. The Morgan fingerprint density at radius 3 is 2.62 bits per heavy atom. The highest BCUT2D eigenvalue weighted by Gasteiger charge is 2.35. The Kier molecular flexibility index (Phi) is 5.39. The number of carbonyl (C=O) groups excluding carboxylic acids is 2. The number of fused-ring (bicyclic) bond motifs is 2. The minimum Gasteiger partial charge on any atom is -0.481 e. The topological polar surface area (TPSA) is 58.6 Å². The molecule has 32 heavy (non-hydrogen) atoms. The maximum Gasteiger partial charge on any atom is 0.264 e.